The van der Waals surface area contributed by atoms with E-state index >= 15 is 0 Å². The summed E-state index contributed by atoms with van der Waals surface area (Å²) in [5, 5.41) is 9.35. The number of nitriles is 1. The van der Waals surface area contributed by atoms with Crippen LogP contribution in [0.4, 0.5) is 15.8 Å². The highest BCUT2D eigenvalue weighted by Crippen LogP contribution is 2.47. The molecule has 0 radical (unpaired) electrons. The zero-order valence-electron chi connectivity index (χ0n) is 21.4. The van der Waals surface area contributed by atoms with Gasteiger partial charge in [0.25, 0.3) is 0 Å². The SMILES string of the molecule is CCCCCC(=O)N1c2ccccc2N=C2C[C@@H](c3ccc(F)cc3)CC(=O)[C@H]2[C@H]1c1ccc(C#N)cc1. The minimum Gasteiger partial charge on any atom is -0.302 e. The fourth-order valence-electron chi connectivity index (χ4n) is 5.70. The van der Waals surface area contributed by atoms with Gasteiger partial charge in [-0.2, -0.15) is 5.26 Å². The first kappa shape index (κ1) is 25.5. The van der Waals surface area contributed by atoms with Crippen molar-refractivity contribution in [1.29, 1.82) is 5.26 Å². The fraction of sp³-hybridized carbons (Fsp3) is 0.312. The molecule has 0 bridgehead atoms. The Hall–Kier alpha value is -4.11. The van der Waals surface area contributed by atoms with Gasteiger partial charge < -0.3 is 4.90 Å². The number of hydrogen-bond donors (Lipinski definition) is 0. The molecule has 192 valence electrons. The first-order valence-electron chi connectivity index (χ1n) is 13.3. The number of Topliss-reactive ketones (excluding diaryl/α,β-unsaturated/α-hetero) is 1. The van der Waals surface area contributed by atoms with Crippen LogP contribution >= 0.6 is 0 Å². The summed E-state index contributed by atoms with van der Waals surface area (Å²) in [6.45, 7) is 2.10. The molecule has 1 amide bonds. The van der Waals surface area contributed by atoms with Crippen LogP contribution in [0.3, 0.4) is 0 Å². The van der Waals surface area contributed by atoms with Crippen LogP contribution in [-0.2, 0) is 9.59 Å². The third-order valence-electron chi connectivity index (χ3n) is 7.59. The largest absolute Gasteiger partial charge is 0.302 e. The van der Waals surface area contributed by atoms with Gasteiger partial charge in [-0.25, -0.2) is 4.39 Å². The van der Waals surface area contributed by atoms with E-state index in [0.717, 1.165) is 36.1 Å². The molecule has 2 aliphatic rings. The second-order valence-corrected chi connectivity index (χ2v) is 10.1. The molecule has 0 spiro atoms. The lowest BCUT2D eigenvalue weighted by Crippen LogP contribution is -2.45. The van der Waals surface area contributed by atoms with Crippen LogP contribution < -0.4 is 4.90 Å². The fourth-order valence-corrected chi connectivity index (χ4v) is 5.70. The highest BCUT2D eigenvalue weighted by atomic mass is 19.1. The van der Waals surface area contributed by atoms with Gasteiger partial charge in [-0.05, 0) is 66.3 Å². The minimum atomic E-state index is -0.609. The molecular formula is C32H30FN3O2. The Labute approximate surface area is 222 Å². The van der Waals surface area contributed by atoms with Gasteiger partial charge >= 0.3 is 0 Å². The molecule has 1 fully saturated rings. The van der Waals surface area contributed by atoms with Crippen molar-refractivity contribution in [1.82, 2.24) is 0 Å². The molecule has 1 heterocycles. The summed E-state index contributed by atoms with van der Waals surface area (Å²) in [4.78, 5) is 34.6. The smallest absolute Gasteiger partial charge is 0.227 e. The molecule has 0 aromatic heterocycles. The molecule has 0 saturated heterocycles. The lowest BCUT2D eigenvalue weighted by Gasteiger charge is -2.39. The summed E-state index contributed by atoms with van der Waals surface area (Å²) in [7, 11) is 0. The van der Waals surface area contributed by atoms with Crippen molar-refractivity contribution in [3.8, 4) is 6.07 Å². The third-order valence-corrected chi connectivity index (χ3v) is 7.59. The lowest BCUT2D eigenvalue weighted by molar-refractivity contribution is -0.123. The number of carbonyl (C=O) groups excluding carboxylic acids is 2. The van der Waals surface area contributed by atoms with Gasteiger partial charge in [-0.1, -0.05) is 56.2 Å². The summed E-state index contributed by atoms with van der Waals surface area (Å²) in [5.74, 6) is -1.06. The van der Waals surface area contributed by atoms with Gasteiger partial charge in [0, 0.05) is 18.6 Å². The monoisotopic (exact) mass is 507 g/mol. The summed E-state index contributed by atoms with van der Waals surface area (Å²) in [6.07, 6.45) is 3.93. The van der Waals surface area contributed by atoms with E-state index in [1.54, 1.807) is 29.2 Å². The molecule has 1 aliphatic carbocycles. The number of nitrogens with zero attached hydrogens (tertiary/aromatic N) is 3. The number of unbranched alkanes of at least 4 members (excludes halogenated alkanes) is 2. The number of ketones is 1. The van der Waals surface area contributed by atoms with Gasteiger partial charge in [-0.3, -0.25) is 14.6 Å². The van der Waals surface area contributed by atoms with Crippen LogP contribution in [0.5, 0.6) is 0 Å². The number of anilines is 1. The second-order valence-electron chi connectivity index (χ2n) is 10.1. The van der Waals surface area contributed by atoms with Gasteiger partial charge in [-0.15, -0.1) is 0 Å². The maximum absolute atomic E-state index is 14.0. The van der Waals surface area contributed by atoms with Gasteiger partial charge in [0.05, 0.1) is 35.0 Å². The average Bonchev–Trinajstić information content (AvgIpc) is 3.08. The van der Waals surface area contributed by atoms with Gasteiger partial charge in [0.15, 0.2) is 0 Å². The number of aliphatic imine (C=N–C) groups is 1. The van der Waals surface area contributed by atoms with Crippen molar-refractivity contribution in [2.45, 2.75) is 57.4 Å². The van der Waals surface area contributed by atoms with E-state index in [1.807, 2.05) is 36.4 Å². The van der Waals surface area contributed by atoms with E-state index in [9.17, 15) is 19.2 Å². The topological polar surface area (TPSA) is 73.5 Å². The van der Waals surface area contributed by atoms with Gasteiger partial charge in [0.1, 0.15) is 11.6 Å². The molecule has 3 aromatic rings. The molecule has 1 aliphatic heterocycles. The van der Waals surface area contributed by atoms with Crippen LogP contribution in [0.25, 0.3) is 0 Å². The molecule has 1 saturated carbocycles. The maximum atomic E-state index is 14.0. The molecule has 0 unspecified atom stereocenters. The van der Waals surface area contributed by atoms with Crippen LogP contribution in [0.2, 0.25) is 0 Å². The van der Waals surface area contributed by atoms with E-state index in [0.29, 0.717) is 29.8 Å². The first-order valence-corrected chi connectivity index (χ1v) is 13.3. The highest BCUT2D eigenvalue weighted by Gasteiger charge is 2.46. The van der Waals surface area contributed by atoms with Crippen molar-refractivity contribution >= 4 is 28.8 Å². The Bertz CT molecular complexity index is 1410. The number of rotatable bonds is 6. The lowest BCUT2D eigenvalue weighted by atomic mass is 9.72. The zero-order valence-corrected chi connectivity index (χ0v) is 21.4. The maximum Gasteiger partial charge on any atom is 0.227 e. The normalized spacial score (nSPS) is 20.6. The Morgan fingerprint density at radius 3 is 2.42 bits per heavy atom. The van der Waals surface area contributed by atoms with E-state index < -0.39 is 12.0 Å². The van der Waals surface area contributed by atoms with E-state index in [2.05, 4.69) is 13.0 Å². The number of para-hydroxylation sites is 2. The van der Waals surface area contributed by atoms with Crippen LogP contribution in [0.15, 0.2) is 77.8 Å². The summed E-state index contributed by atoms with van der Waals surface area (Å²) in [5.41, 5.74) is 4.32. The van der Waals surface area contributed by atoms with E-state index in [-0.39, 0.29) is 29.8 Å². The number of fused-ring (bicyclic) bond motifs is 2. The third kappa shape index (κ3) is 5.02. The molecular weight excluding hydrogens is 477 g/mol. The number of benzene rings is 3. The van der Waals surface area contributed by atoms with E-state index in [1.165, 1.54) is 12.1 Å². The summed E-state index contributed by atoms with van der Waals surface area (Å²) >= 11 is 0. The first-order chi connectivity index (χ1) is 18.5. The van der Waals surface area contributed by atoms with Crippen molar-refractivity contribution in [2.75, 3.05) is 4.90 Å². The molecule has 38 heavy (non-hydrogen) atoms. The molecule has 5 rings (SSSR count). The predicted octanol–water partition coefficient (Wildman–Crippen LogP) is 7.20. The van der Waals surface area contributed by atoms with Crippen LogP contribution in [-0.4, -0.2) is 17.4 Å². The zero-order chi connectivity index (χ0) is 26.6. The van der Waals surface area contributed by atoms with Crippen LogP contribution in [0, 0.1) is 23.1 Å². The molecule has 5 nitrogen and oxygen atoms in total. The quantitative estimate of drug-likeness (QED) is 0.331. The molecule has 6 heteroatoms. The average molecular weight is 508 g/mol. The van der Waals surface area contributed by atoms with Crippen molar-refractivity contribution in [2.24, 2.45) is 10.9 Å². The molecule has 0 N–H and O–H groups in total. The standard InChI is InChI=1S/C32H30FN3O2/c1-2-3-4-9-30(38)36-28-8-6-5-7-26(28)35-27-18-24(22-14-16-25(33)17-15-22)19-29(37)31(27)32(36)23-12-10-21(20-34)11-13-23/h5-8,10-17,24,31-32H,2-4,9,18-19H2,1H3/t24-,31+,32-/m1/s1. The molecule has 3 aromatic carbocycles. The second kappa shape index (κ2) is 11.1. The van der Waals surface area contributed by atoms with E-state index in [4.69, 9.17) is 4.99 Å². The Balaban J connectivity index is 1.63. The van der Waals surface area contributed by atoms with Gasteiger partial charge in [0.2, 0.25) is 5.91 Å². The number of amides is 1. The number of hydrogen-bond acceptors (Lipinski definition) is 4. The Morgan fingerprint density at radius 1 is 1.00 bits per heavy atom. The molecule has 3 atom stereocenters. The summed E-state index contributed by atoms with van der Waals surface area (Å²) < 4.78 is 13.6. The number of halogens is 1. The Kier molecular flexibility index (Phi) is 7.46. The predicted molar refractivity (Wildman–Crippen MR) is 146 cm³/mol. The minimum absolute atomic E-state index is 0.0119. The van der Waals surface area contributed by atoms with Crippen LogP contribution in [0.1, 0.15) is 74.1 Å². The summed E-state index contributed by atoms with van der Waals surface area (Å²) in [6, 6.07) is 22.6. The van der Waals surface area contributed by atoms with Crippen molar-refractivity contribution in [3.63, 3.8) is 0 Å². The van der Waals surface area contributed by atoms with Crippen molar-refractivity contribution < 1.29 is 14.0 Å². The highest BCUT2D eigenvalue weighted by molar-refractivity contribution is 6.13. The number of carbonyl (C=O) groups is 2. The Morgan fingerprint density at radius 2 is 1.71 bits per heavy atom. The van der Waals surface area contributed by atoms with Crippen molar-refractivity contribution in [3.05, 3.63) is 95.3 Å².